The molecule has 0 spiro atoms. The van der Waals surface area contributed by atoms with E-state index in [-0.39, 0.29) is 0 Å². The van der Waals surface area contributed by atoms with Crippen LogP contribution >= 0.6 is 23.5 Å². The van der Waals surface area contributed by atoms with Gasteiger partial charge in [0.15, 0.2) is 5.17 Å². The standard InChI is InChI=1S/C16H16N2S2/c1-19-14-9-7-13(8-10-14)18-16-17-11-15(20-16)12-5-3-2-4-6-12/h2-10,15H,11H2,1H3,(H,17,18). The summed E-state index contributed by atoms with van der Waals surface area (Å²) in [5.74, 6) is 0. The maximum absolute atomic E-state index is 4.59. The summed E-state index contributed by atoms with van der Waals surface area (Å²) >= 11 is 3.56. The number of rotatable bonds is 3. The summed E-state index contributed by atoms with van der Waals surface area (Å²) in [6.07, 6.45) is 2.09. The molecule has 1 aliphatic rings. The van der Waals surface area contributed by atoms with Crippen LogP contribution in [0.5, 0.6) is 0 Å². The monoisotopic (exact) mass is 300 g/mol. The molecule has 0 amide bonds. The van der Waals surface area contributed by atoms with Gasteiger partial charge in [-0.2, -0.15) is 0 Å². The molecule has 1 N–H and O–H groups in total. The van der Waals surface area contributed by atoms with E-state index < -0.39 is 0 Å². The number of aliphatic imine (C=N–C) groups is 1. The minimum absolute atomic E-state index is 0.434. The van der Waals surface area contributed by atoms with Gasteiger partial charge in [-0.15, -0.1) is 11.8 Å². The number of amidine groups is 1. The van der Waals surface area contributed by atoms with Crippen LogP contribution in [0.3, 0.4) is 0 Å². The SMILES string of the molecule is CSc1ccc(NC2=NCC(c3ccccc3)S2)cc1. The topological polar surface area (TPSA) is 24.4 Å². The molecule has 2 aromatic carbocycles. The lowest BCUT2D eigenvalue weighted by atomic mass is 10.1. The van der Waals surface area contributed by atoms with Gasteiger partial charge in [-0.05, 0) is 36.1 Å². The van der Waals surface area contributed by atoms with E-state index in [1.165, 1.54) is 10.5 Å². The molecule has 1 aliphatic heterocycles. The van der Waals surface area contributed by atoms with Crippen LogP contribution in [0.15, 0.2) is 64.5 Å². The lowest BCUT2D eigenvalue weighted by molar-refractivity contribution is 0.966. The highest BCUT2D eigenvalue weighted by Gasteiger charge is 2.21. The molecule has 0 bridgehead atoms. The quantitative estimate of drug-likeness (QED) is 0.834. The molecule has 0 saturated heterocycles. The van der Waals surface area contributed by atoms with E-state index in [1.54, 1.807) is 23.5 Å². The van der Waals surface area contributed by atoms with Crippen LogP contribution in [0.2, 0.25) is 0 Å². The van der Waals surface area contributed by atoms with Crippen molar-refractivity contribution in [3.05, 3.63) is 60.2 Å². The predicted molar refractivity (Wildman–Crippen MR) is 90.9 cm³/mol. The number of nitrogens with zero attached hydrogens (tertiary/aromatic N) is 1. The van der Waals surface area contributed by atoms with E-state index in [0.717, 1.165) is 17.4 Å². The molecule has 4 heteroatoms. The molecule has 1 unspecified atom stereocenters. The van der Waals surface area contributed by atoms with Gasteiger partial charge in [-0.1, -0.05) is 42.1 Å². The first-order valence-corrected chi connectivity index (χ1v) is 8.63. The molecule has 20 heavy (non-hydrogen) atoms. The second-order valence-electron chi connectivity index (χ2n) is 4.52. The first-order chi connectivity index (χ1) is 9.85. The zero-order chi connectivity index (χ0) is 13.8. The number of hydrogen-bond acceptors (Lipinski definition) is 4. The maximum atomic E-state index is 4.59. The molecule has 0 radical (unpaired) electrons. The number of benzene rings is 2. The Morgan fingerprint density at radius 2 is 1.85 bits per heavy atom. The van der Waals surface area contributed by atoms with Crippen molar-refractivity contribution in [2.24, 2.45) is 4.99 Å². The summed E-state index contributed by atoms with van der Waals surface area (Å²) in [6, 6.07) is 19.0. The Balaban J connectivity index is 1.62. The van der Waals surface area contributed by atoms with Crippen LogP contribution in [0.1, 0.15) is 10.8 Å². The molecular formula is C16H16N2S2. The Bertz CT molecular complexity index is 594. The third-order valence-corrected chi connectivity index (χ3v) is 5.07. The van der Waals surface area contributed by atoms with Crippen LogP contribution < -0.4 is 5.32 Å². The molecule has 102 valence electrons. The number of nitrogens with one attached hydrogen (secondary N) is 1. The second-order valence-corrected chi connectivity index (χ2v) is 6.59. The molecule has 0 saturated carbocycles. The molecule has 0 fully saturated rings. The molecule has 1 atom stereocenters. The van der Waals surface area contributed by atoms with Gasteiger partial charge < -0.3 is 5.32 Å². The predicted octanol–water partition coefficient (Wildman–Crippen LogP) is 4.66. The van der Waals surface area contributed by atoms with Gasteiger partial charge in [-0.3, -0.25) is 4.99 Å². The lowest BCUT2D eigenvalue weighted by Gasteiger charge is -2.09. The Hall–Kier alpha value is -1.39. The lowest BCUT2D eigenvalue weighted by Crippen LogP contribution is -2.05. The molecule has 0 aliphatic carbocycles. The summed E-state index contributed by atoms with van der Waals surface area (Å²) in [4.78, 5) is 5.87. The normalized spacial score (nSPS) is 17.9. The largest absolute Gasteiger partial charge is 0.335 e. The van der Waals surface area contributed by atoms with Crippen molar-refractivity contribution in [2.75, 3.05) is 18.1 Å². The van der Waals surface area contributed by atoms with Gasteiger partial charge in [0, 0.05) is 10.6 Å². The van der Waals surface area contributed by atoms with Crippen molar-refractivity contribution in [3.63, 3.8) is 0 Å². The van der Waals surface area contributed by atoms with Gasteiger partial charge in [-0.25, -0.2) is 0 Å². The third kappa shape index (κ3) is 3.19. The first-order valence-electron chi connectivity index (χ1n) is 6.52. The van der Waals surface area contributed by atoms with Gasteiger partial charge >= 0.3 is 0 Å². The highest BCUT2D eigenvalue weighted by molar-refractivity contribution is 8.14. The van der Waals surface area contributed by atoms with E-state index >= 15 is 0 Å². The number of thioether (sulfide) groups is 2. The second kappa shape index (κ2) is 6.37. The molecule has 2 nitrogen and oxygen atoms in total. The van der Waals surface area contributed by atoms with Crippen molar-refractivity contribution >= 4 is 34.4 Å². The molecule has 3 rings (SSSR count). The smallest absolute Gasteiger partial charge is 0.161 e. The molecule has 0 aromatic heterocycles. The van der Waals surface area contributed by atoms with Gasteiger partial charge in [0.05, 0.1) is 11.8 Å². The minimum atomic E-state index is 0.434. The fourth-order valence-electron chi connectivity index (χ4n) is 2.08. The average Bonchev–Trinajstić information content (AvgIpc) is 2.97. The van der Waals surface area contributed by atoms with Crippen LogP contribution in [-0.4, -0.2) is 18.0 Å². The summed E-state index contributed by atoms with van der Waals surface area (Å²) in [7, 11) is 0. The van der Waals surface area contributed by atoms with Gasteiger partial charge in [0.2, 0.25) is 0 Å². The van der Waals surface area contributed by atoms with E-state index in [1.807, 2.05) is 0 Å². The number of hydrogen-bond donors (Lipinski definition) is 1. The Labute approximate surface area is 128 Å². The van der Waals surface area contributed by atoms with Gasteiger partial charge in [0.1, 0.15) is 0 Å². The highest BCUT2D eigenvalue weighted by atomic mass is 32.2. The van der Waals surface area contributed by atoms with Crippen LogP contribution in [0, 0.1) is 0 Å². The fourth-order valence-corrected chi connectivity index (χ4v) is 3.53. The van der Waals surface area contributed by atoms with E-state index in [9.17, 15) is 0 Å². The Morgan fingerprint density at radius 3 is 2.55 bits per heavy atom. The fraction of sp³-hybridized carbons (Fsp3) is 0.188. The van der Waals surface area contributed by atoms with E-state index in [0.29, 0.717) is 5.25 Å². The van der Waals surface area contributed by atoms with Crippen molar-refractivity contribution in [3.8, 4) is 0 Å². The zero-order valence-electron chi connectivity index (χ0n) is 11.2. The zero-order valence-corrected chi connectivity index (χ0v) is 12.9. The molecule has 1 heterocycles. The summed E-state index contributed by atoms with van der Waals surface area (Å²) < 4.78 is 0. The van der Waals surface area contributed by atoms with Crippen LogP contribution in [0.25, 0.3) is 0 Å². The van der Waals surface area contributed by atoms with Crippen LogP contribution in [0.4, 0.5) is 5.69 Å². The molecular weight excluding hydrogens is 284 g/mol. The number of anilines is 1. The minimum Gasteiger partial charge on any atom is -0.335 e. The van der Waals surface area contributed by atoms with Crippen molar-refractivity contribution in [2.45, 2.75) is 10.1 Å². The van der Waals surface area contributed by atoms with Crippen molar-refractivity contribution in [1.29, 1.82) is 0 Å². The summed E-state index contributed by atoms with van der Waals surface area (Å²) in [5, 5.41) is 4.84. The first kappa shape index (κ1) is 13.6. The Kier molecular flexibility index (Phi) is 4.33. The van der Waals surface area contributed by atoms with Gasteiger partial charge in [0.25, 0.3) is 0 Å². The third-order valence-electron chi connectivity index (χ3n) is 3.17. The average molecular weight is 300 g/mol. The summed E-state index contributed by atoms with van der Waals surface area (Å²) in [5.41, 5.74) is 2.44. The highest BCUT2D eigenvalue weighted by Crippen LogP contribution is 2.35. The summed E-state index contributed by atoms with van der Waals surface area (Å²) in [6.45, 7) is 0.847. The maximum Gasteiger partial charge on any atom is 0.161 e. The van der Waals surface area contributed by atoms with Crippen LogP contribution in [-0.2, 0) is 0 Å². The van der Waals surface area contributed by atoms with E-state index in [2.05, 4.69) is 71.2 Å². The van der Waals surface area contributed by atoms with E-state index in [4.69, 9.17) is 0 Å². The van der Waals surface area contributed by atoms with Crippen molar-refractivity contribution in [1.82, 2.24) is 0 Å². The molecule has 2 aromatic rings. The Morgan fingerprint density at radius 1 is 1.10 bits per heavy atom. The van der Waals surface area contributed by atoms with Crippen molar-refractivity contribution < 1.29 is 0 Å².